The summed E-state index contributed by atoms with van der Waals surface area (Å²) in [5.74, 6) is -0.621. The summed E-state index contributed by atoms with van der Waals surface area (Å²) in [4.78, 5) is 23.1. The van der Waals surface area contributed by atoms with Gasteiger partial charge in [0.25, 0.3) is 0 Å². The van der Waals surface area contributed by atoms with Crippen molar-refractivity contribution in [1.82, 2.24) is 0 Å². The Morgan fingerprint density at radius 3 is 2.38 bits per heavy atom. The SMILES string of the molecule is CC(=O)c1cc(Br)ccc1C(=O)OC(C)C. The van der Waals surface area contributed by atoms with Gasteiger partial charge >= 0.3 is 5.97 Å². The van der Waals surface area contributed by atoms with Crippen LogP contribution in [0.5, 0.6) is 0 Å². The van der Waals surface area contributed by atoms with Gasteiger partial charge in [-0.15, -0.1) is 0 Å². The maximum Gasteiger partial charge on any atom is 0.339 e. The van der Waals surface area contributed by atoms with E-state index in [4.69, 9.17) is 4.74 Å². The topological polar surface area (TPSA) is 43.4 Å². The molecule has 86 valence electrons. The number of ketones is 1. The maximum absolute atomic E-state index is 11.7. The molecule has 0 spiro atoms. The van der Waals surface area contributed by atoms with Crippen molar-refractivity contribution in [3.8, 4) is 0 Å². The molecule has 0 unspecified atom stereocenters. The van der Waals surface area contributed by atoms with E-state index in [-0.39, 0.29) is 11.9 Å². The summed E-state index contributed by atoms with van der Waals surface area (Å²) in [6, 6.07) is 4.92. The number of Topliss-reactive ketones (excluding diaryl/α,β-unsaturated/α-hetero) is 1. The standard InChI is InChI=1S/C12H13BrO3/c1-7(2)16-12(15)10-5-4-9(13)6-11(10)8(3)14/h4-7H,1-3H3. The van der Waals surface area contributed by atoms with Gasteiger partial charge in [0, 0.05) is 10.0 Å². The highest BCUT2D eigenvalue weighted by Crippen LogP contribution is 2.18. The summed E-state index contributed by atoms with van der Waals surface area (Å²) in [6.07, 6.45) is -0.198. The number of hydrogen-bond acceptors (Lipinski definition) is 3. The summed E-state index contributed by atoms with van der Waals surface area (Å²) in [5, 5.41) is 0. The molecule has 0 amide bonds. The number of benzene rings is 1. The molecule has 0 aliphatic carbocycles. The molecule has 0 aliphatic rings. The Kier molecular flexibility index (Phi) is 4.24. The fourth-order valence-electron chi connectivity index (χ4n) is 1.26. The fourth-order valence-corrected chi connectivity index (χ4v) is 1.62. The molecule has 3 nitrogen and oxygen atoms in total. The van der Waals surface area contributed by atoms with E-state index in [2.05, 4.69) is 15.9 Å². The largest absolute Gasteiger partial charge is 0.459 e. The monoisotopic (exact) mass is 284 g/mol. The van der Waals surface area contributed by atoms with E-state index < -0.39 is 5.97 Å². The molecule has 0 saturated carbocycles. The van der Waals surface area contributed by atoms with Crippen LogP contribution < -0.4 is 0 Å². The molecule has 0 radical (unpaired) electrons. The molecule has 0 heterocycles. The van der Waals surface area contributed by atoms with E-state index in [0.717, 1.165) is 4.47 Å². The van der Waals surface area contributed by atoms with Gasteiger partial charge in [0.15, 0.2) is 5.78 Å². The van der Waals surface area contributed by atoms with Gasteiger partial charge in [-0.2, -0.15) is 0 Å². The van der Waals surface area contributed by atoms with Gasteiger partial charge in [0.05, 0.1) is 11.7 Å². The highest BCUT2D eigenvalue weighted by atomic mass is 79.9. The van der Waals surface area contributed by atoms with Gasteiger partial charge < -0.3 is 4.74 Å². The summed E-state index contributed by atoms with van der Waals surface area (Å²) in [6.45, 7) is 4.96. The number of ether oxygens (including phenoxy) is 1. The van der Waals surface area contributed by atoms with Gasteiger partial charge in [-0.1, -0.05) is 15.9 Å². The van der Waals surface area contributed by atoms with Gasteiger partial charge in [0.1, 0.15) is 0 Å². The Bertz CT molecular complexity index is 424. The van der Waals surface area contributed by atoms with Crippen molar-refractivity contribution in [2.45, 2.75) is 26.9 Å². The Hall–Kier alpha value is -1.16. The van der Waals surface area contributed by atoms with Crippen molar-refractivity contribution in [1.29, 1.82) is 0 Å². The lowest BCUT2D eigenvalue weighted by Crippen LogP contribution is -2.14. The normalized spacial score (nSPS) is 10.3. The number of hydrogen-bond donors (Lipinski definition) is 0. The first kappa shape index (κ1) is 12.9. The lowest BCUT2D eigenvalue weighted by molar-refractivity contribution is 0.0375. The van der Waals surface area contributed by atoms with Gasteiger partial charge in [-0.25, -0.2) is 4.79 Å². The van der Waals surface area contributed by atoms with Crippen LogP contribution in [0.4, 0.5) is 0 Å². The molecule has 0 N–H and O–H groups in total. The van der Waals surface area contributed by atoms with Crippen molar-refractivity contribution in [2.24, 2.45) is 0 Å². The molecule has 0 aliphatic heterocycles. The maximum atomic E-state index is 11.7. The van der Waals surface area contributed by atoms with Crippen molar-refractivity contribution in [3.05, 3.63) is 33.8 Å². The molecule has 0 saturated heterocycles. The second kappa shape index (κ2) is 5.25. The third kappa shape index (κ3) is 3.17. The molecule has 0 aromatic heterocycles. The minimum atomic E-state index is -0.465. The average molecular weight is 285 g/mol. The minimum Gasteiger partial charge on any atom is -0.459 e. The third-order valence-corrected chi connectivity index (χ3v) is 2.42. The first-order valence-electron chi connectivity index (χ1n) is 4.93. The van der Waals surface area contributed by atoms with Crippen LogP contribution in [0.25, 0.3) is 0 Å². The quantitative estimate of drug-likeness (QED) is 0.632. The van der Waals surface area contributed by atoms with E-state index in [1.807, 2.05) is 0 Å². The Labute approximate surface area is 103 Å². The molecule has 1 aromatic rings. The van der Waals surface area contributed by atoms with Crippen molar-refractivity contribution in [3.63, 3.8) is 0 Å². The predicted molar refractivity (Wildman–Crippen MR) is 64.7 cm³/mol. The van der Waals surface area contributed by atoms with Crippen molar-refractivity contribution in [2.75, 3.05) is 0 Å². The number of halogens is 1. The highest BCUT2D eigenvalue weighted by molar-refractivity contribution is 9.10. The van der Waals surface area contributed by atoms with Crippen LogP contribution in [0.1, 0.15) is 41.5 Å². The van der Waals surface area contributed by atoms with Gasteiger partial charge in [-0.3, -0.25) is 4.79 Å². The number of rotatable bonds is 3. The Balaban J connectivity index is 3.12. The zero-order valence-electron chi connectivity index (χ0n) is 9.41. The second-order valence-electron chi connectivity index (χ2n) is 3.70. The fraction of sp³-hybridized carbons (Fsp3) is 0.333. The number of carbonyl (C=O) groups excluding carboxylic acids is 2. The van der Waals surface area contributed by atoms with Crippen LogP contribution in [-0.4, -0.2) is 17.9 Å². The third-order valence-electron chi connectivity index (χ3n) is 1.92. The highest BCUT2D eigenvalue weighted by Gasteiger charge is 2.16. The van der Waals surface area contributed by atoms with E-state index in [9.17, 15) is 9.59 Å². The second-order valence-corrected chi connectivity index (χ2v) is 4.62. The van der Waals surface area contributed by atoms with Crippen LogP contribution >= 0.6 is 15.9 Å². The van der Waals surface area contributed by atoms with Crippen LogP contribution in [0, 0.1) is 0 Å². The Morgan fingerprint density at radius 1 is 1.25 bits per heavy atom. The van der Waals surface area contributed by atoms with Crippen LogP contribution in [-0.2, 0) is 4.74 Å². The van der Waals surface area contributed by atoms with E-state index in [1.165, 1.54) is 6.92 Å². The smallest absolute Gasteiger partial charge is 0.339 e. The number of esters is 1. The summed E-state index contributed by atoms with van der Waals surface area (Å²) < 4.78 is 5.82. The lowest BCUT2D eigenvalue weighted by atomic mass is 10.0. The van der Waals surface area contributed by atoms with Crippen molar-refractivity contribution < 1.29 is 14.3 Å². The molecular weight excluding hydrogens is 272 g/mol. The van der Waals surface area contributed by atoms with Crippen LogP contribution in [0.3, 0.4) is 0 Å². The van der Waals surface area contributed by atoms with E-state index >= 15 is 0 Å². The molecule has 16 heavy (non-hydrogen) atoms. The van der Waals surface area contributed by atoms with Crippen LogP contribution in [0.15, 0.2) is 22.7 Å². The molecular formula is C12H13BrO3. The summed E-state index contributed by atoms with van der Waals surface area (Å²) in [7, 11) is 0. The first-order chi connectivity index (χ1) is 7.41. The van der Waals surface area contributed by atoms with Gasteiger partial charge in [0.2, 0.25) is 0 Å². The van der Waals surface area contributed by atoms with Crippen molar-refractivity contribution >= 4 is 27.7 Å². The summed E-state index contributed by atoms with van der Waals surface area (Å²) in [5.41, 5.74) is 0.685. The zero-order valence-corrected chi connectivity index (χ0v) is 11.0. The first-order valence-corrected chi connectivity index (χ1v) is 5.72. The molecule has 0 atom stereocenters. The average Bonchev–Trinajstić information content (AvgIpc) is 2.16. The molecule has 0 fully saturated rings. The molecule has 0 bridgehead atoms. The number of carbonyl (C=O) groups is 2. The van der Waals surface area contributed by atoms with Gasteiger partial charge in [-0.05, 0) is 39.0 Å². The molecule has 1 rings (SSSR count). The van der Waals surface area contributed by atoms with E-state index in [1.54, 1.807) is 32.0 Å². The van der Waals surface area contributed by atoms with E-state index in [0.29, 0.717) is 11.1 Å². The predicted octanol–water partition coefficient (Wildman–Crippen LogP) is 3.22. The molecule has 4 heteroatoms. The lowest BCUT2D eigenvalue weighted by Gasteiger charge is -2.10. The summed E-state index contributed by atoms with van der Waals surface area (Å²) >= 11 is 3.26. The zero-order chi connectivity index (χ0) is 12.3. The van der Waals surface area contributed by atoms with Crippen LogP contribution in [0.2, 0.25) is 0 Å². The minimum absolute atomic E-state index is 0.156. The Morgan fingerprint density at radius 2 is 1.88 bits per heavy atom. The molecule has 1 aromatic carbocycles.